The van der Waals surface area contributed by atoms with Crippen LogP contribution < -0.4 is 4.90 Å². The van der Waals surface area contributed by atoms with Crippen molar-refractivity contribution in [2.45, 2.75) is 31.8 Å². The van der Waals surface area contributed by atoms with Crippen LogP contribution in [0.3, 0.4) is 0 Å². The Labute approximate surface area is 165 Å². The van der Waals surface area contributed by atoms with Crippen molar-refractivity contribution in [2.75, 3.05) is 31.1 Å². The molecule has 2 amide bonds. The molecule has 5 nitrogen and oxygen atoms in total. The Kier molecular flexibility index (Phi) is 5.18. The van der Waals surface area contributed by atoms with Gasteiger partial charge in [0.1, 0.15) is 12.2 Å². The van der Waals surface area contributed by atoms with Gasteiger partial charge in [-0.15, -0.1) is 0 Å². The molecule has 4 rings (SSSR count). The van der Waals surface area contributed by atoms with E-state index in [2.05, 4.69) is 6.07 Å². The number of nitrogens with zero attached hydrogens (tertiary/aromatic N) is 2. The fourth-order valence-corrected chi connectivity index (χ4v) is 4.22. The van der Waals surface area contributed by atoms with Gasteiger partial charge in [0.15, 0.2) is 0 Å². The molecule has 1 unspecified atom stereocenters. The van der Waals surface area contributed by atoms with Crippen LogP contribution in [-0.4, -0.2) is 48.6 Å². The Balaban J connectivity index is 1.48. The number of rotatable bonds is 3. The summed E-state index contributed by atoms with van der Waals surface area (Å²) in [7, 11) is 0. The van der Waals surface area contributed by atoms with Crippen LogP contribution in [0.1, 0.15) is 24.0 Å². The van der Waals surface area contributed by atoms with Gasteiger partial charge < -0.3 is 14.5 Å². The highest BCUT2D eigenvalue weighted by Crippen LogP contribution is 2.32. The first-order valence-electron chi connectivity index (χ1n) is 9.87. The van der Waals surface area contributed by atoms with Crippen LogP contribution in [0, 0.1) is 6.92 Å². The van der Waals surface area contributed by atoms with Gasteiger partial charge in [0.05, 0.1) is 19.5 Å². The Hall–Kier alpha value is -2.66. The molecule has 146 valence electrons. The molecule has 0 N–H and O–H groups in total. The van der Waals surface area contributed by atoms with Gasteiger partial charge in [0.25, 0.3) is 5.91 Å². The van der Waals surface area contributed by atoms with E-state index in [9.17, 15) is 9.59 Å². The number of anilines is 1. The van der Waals surface area contributed by atoms with Gasteiger partial charge in [-0.3, -0.25) is 9.59 Å². The molecule has 0 aromatic heterocycles. The molecule has 0 radical (unpaired) electrons. The van der Waals surface area contributed by atoms with E-state index in [1.54, 1.807) is 4.90 Å². The van der Waals surface area contributed by atoms with Crippen LogP contribution in [-0.2, 0) is 20.7 Å². The summed E-state index contributed by atoms with van der Waals surface area (Å²) in [5.74, 6) is 0.0940. The Bertz CT molecular complexity index is 867. The molecule has 2 aliphatic heterocycles. The summed E-state index contributed by atoms with van der Waals surface area (Å²) in [5.41, 5.74) is 2.60. The first-order chi connectivity index (χ1) is 13.5. The monoisotopic (exact) mass is 378 g/mol. The second-order valence-electron chi connectivity index (χ2n) is 7.87. The molecule has 2 aliphatic rings. The largest absolute Gasteiger partial charge is 0.361 e. The molecular weight excluding hydrogens is 352 g/mol. The lowest BCUT2D eigenvalue weighted by Gasteiger charge is -2.47. The van der Waals surface area contributed by atoms with Crippen LogP contribution in [0.4, 0.5) is 5.69 Å². The van der Waals surface area contributed by atoms with E-state index in [-0.39, 0.29) is 18.4 Å². The minimum atomic E-state index is -0.482. The highest BCUT2D eigenvalue weighted by molar-refractivity contribution is 5.95. The minimum absolute atomic E-state index is 0.0277. The summed E-state index contributed by atoms with van der Waals surface area (Å²) in [6, 6.07) is 17.8. The lowest BCUT2D eigenvalue weighted by atomic mass is 9.90. The van der Waals surface area contributed by atoms with E-state index < -0.39 is 5.60 Å². The molecule has 2 fully saturated rings. The van der Waals surface area contributed by atoms with Crippen molar-refractivity contribution >= 4 is 17.5 Å². The molecule has 0 bridgehead atoms. The number of amides is 2. The fraction of sp³-hybridized carbons (Fsp3) is 0.391. The van der Waals surface area contributed by atoms with E-state index in [4.69, 9.17) is 4.74 Å². The molecule has 0 aliphatic carbocycles. The van der Waals surface area contributed by atoms with E-state index in [0.717, 1.165) is 36.2 Å². The smallest absolute Gasteiger partial charge is 0.253 e. The van der Waals surface area contributed by atoms with Gasteiger partial charge >= 0.3 is 0 Å². The Morgan fingerprint density at radius 1 is 1.11 bits per heavy atom. The third-order valence-corrected chi connectivity index (χ3v) is 5.65. The normalized spacial score (nSPS) is 22.5. The van der Waals surface area contributed by atoms with Gasteiger partial charge in [0, 0.05) is 12.2 Å². The molecule has 1 spiro atoms. The van der Waals surface area contributed by atoms with E-state index in [1.807, 2.05) is 60.4 Å². The van der Waals surface area contributed by atoms with Crippen LogP contribution in [0.15, 0.2) is 54.6 Å². The average molecular weight is 378 g/mol. The molecular formula is C23H26N2O3. The first kappa shape index (κ1) is 18.7. The topological polar surface area (TPSA) is 49.9 Å². The number of carbonyl (C=O) groups excluding carboxylic acids is 2. The van der Waals surface area contributed by atoms with Crippen molar-refractivity contribution < 1.29 is 14.3 Å². The van der Waals surface area contributed by atoms with Crippen LogP contribution in [0.25, 0.3) is 0 Å². The number of para-hydroxylation sites is 1. The SMILES string of the molecule is Cc1cccc(CC(=O)N2CCCC3(C2)CN(c2ccccc2)C(=O)CO3)c1. The average Bonchev–Trinajstić information content (AvgIpc) is 2.71. The van der Waals surface area contributed by atoms with Crippen LogP contribution in [0.5, 0.6) is 0 Å². The number of ether oxygens (including phenoxy) is 1. The maximum absolute atomic E-state index is 12.9. The number of aryl methyl sites for hydroxylation is 1. The third-order valence-electron chi connectivity index (χ3n) is 5.65. The van der Waals surface area contributed by atoms with Crippen LogP contribution in [0.2, 0.25) is 0 Å². The zero-order valence-corrected chi connectivity index (χ0v) is 16.3. The molecule has 2 aromatic carbocycles. The maximum atomic E-state index is 12.9. The second kappa shape index (κ2) is 7.76. The summed E-state index contributed by atoms with van der Waals surface area (Å²) in [5, 5.41) is 0. The molecule has 2 saturated heterocycles. The molecule has 1 atom stereocenters. The standard InChI is InChI=1S/C23H26N2O3/c1-18-7-5-8-19(13-18)14-21(26)24-12-6-11-23(16-24)17-25(22(27)15-28-23)20-9-3-2-4-10-20/h2-5,7-10,13H,6,11-12,14-17H2,1H3. The predicted octanol–water partition coefficient (Wildman–Crippen LogP) is 2.96. The fourth-order valence-electron chi connectivity index (χ4n) is 4.22. The molecule has 0 saturated carbocycles. The highest BCUT2D eigenvalue weighted by Gasteiger charge is 2.44. The Morgan fingerprint density at radius 2 is 1.93 bits per heavy atom. The van der Waals surface area contributed by atoms with Gasteiger partial charge in [-0.2, -0.15) is 0 Å². The van der Waals surface area contributed by atoms with Gasteiger partial charge in [-0.05, 0) is 37.5 Å². The van der Waals surface area contributed by atoms with Crippen molar-refractivity contribution in [1.29, 1.82) is 0 Å². The van der Waals surface area contributed by atoms with Crippen molar-refractivity contribution in [2.24, 2.45) is 0 Å². The van der Waals surface area contributed by atoms with Crippen LogP contribution >= 0.6 is 0 Å². The zero-order chi connectivity index (χ0) is 19.6. The third kappa shape index (κ3) is 3.94. The lowest BCUT2D eigenvalue weighted by molar-refractivity contribution is -0.153. The van der Waals surface area contributed by atoms with Crippen molar-refractivity contribution in [3.05, 3.63) is 65.7 Å². The lowest BCUT2D eigenvalue weighted by Crippen LogP contribution is -2.62. The number of benzene rings is 2. The summed E-state index contributed by atoms with van der Waals surface area (Å²) < 4.78 is 6.04. The minimum Gasteiger partial charge on any atom is -0.361 e. The van der Waals surface area contributed by atoms with Gasteiger partial charge in [0.2, 0.25) is 5.91 Å². The molecule has 28 heavy (non-hydrogen) atoms. The van der Waals surface area contributed by atoms with E-state index >= 15 is 0 Å². The van der Waals surface area contributed by atoms with Gasteiger partial charge in [-0.25, -0.2) is 0 Å². The van der Waals surface area contributed by atoms with Crippen molar-refractivity contribution in [3.8, 4) is 0 Å². The van der Waals surface area contributed by atoms with E-state index in [1.165, 1.54) is 0 Å². The number of likely N-dealkylation sites (tertiary alicyclic amines) is 1. The predicted molar refractivity (Wildman–Crippen MR) is 108 cm³/mol. The van der Waals surface area contributed by atoms with E-state index in [0.29, 0.717) is 19.5 Å². The highest BCUT2D eigenvalue weighted by atomic mass is 16.5. The number of piperidine rings is 1. The summed E-state index contributed by atoms with van der Waals surface area (Å²) in [6.07, 6.45) is 2.15. The second-order valence-corrected chi connectivity index (χ2v) is 7.87. The Morgan fingerprint density at radius 3 is 2.71 bits per heavy atom. The zero-order valence-electron chi connectivity index (χ0n) is 16.3. The first-order valence-corrected chi connectivity index (χ1v) is 9.87. The molecule has 2 heterocycles. The van der Waals surface area contributed by atoms with Crippen molar-refractivity contribution in [1.82, 2.24) is 4.90 Å². The van der Waals surface area contributed by atoms with Gasteiger partial charge in [-0.1, -0.05) is 48.0 Å². The number of hydrogen-bond acceptors (Lipinski definition) is 3. The number of carbonyl (C=O) groups is 2. The molecule has 5 heteroatoms. The number of hydrogen-bond donors (Lipinski definition) is 0. The quantitative estimate of drug-likeness (QED) is 0.825. The van der Waals surface area contributed by atoms with Crippen molar-refractivity contribution in [3.63, 3.8) is 0 Å². The summed E-state index contributed by atoms with van der Waals surface area (Å²) in [4.78, 5) is 29.1. The maximum Gasteiger partial charge on any atom is 0.253 e. The summed E-state index contributed by atoms with van der Waals surface area (Å²) in [6.45, 7) is 3.87. The summed E-state index contributed by atoms with van der Waals surface area (Å²) >= 11 is 0. The molecule has 2 aromatic rings. The number of morpholine rings is 1.